The second-order valence-electron chi connectivity index (χ2n) is 6.68. The van der Waals surface area contributed by atoms with Gasteiger partial charge in [-0.25, -0.2) is 22.5 Å². The van der Waals surface area contributed by atoms with Gasteiger partial charge >= 0.3 is 6.18 Å². The Morgan fingerprint density at radius 3 is 2.33 bits per heavy atom. The lowest BCUT2D eigenvalue weighted by Crippen LogP contribution is -2.07. The summed E-state index contributed by atoms with van der Waals surface area (Å²) >= 11 is 1.04. The molecule has 0 saturated heterocycles. The third-order valence-corrected chi connectivity index (χ3v) is 6.57. The van der Waals surface area contributed by atoms with E-state index in [-0.39, 0.29) is 21.3 Å². The second-order valence-corrected chi connectivity index (χ2v) is 9.72. The number of thiazole rings is 1. The molecule has 0 N–H and O–H groups in total. The van der Waals surface area contributed by atoms with E-state index in [2.05, 4.69) is 10.1 Å². The first-order valence-electron chi connectivity index (χ1n) is 8.48. The van der Waals surface area contributed by atoms with Crippen molar-refractivity contribution in [2.75, 3.05) is 6.26 Å². The lowest BCUT2D eigenvalue weighted by Gasteiger charge is -2.07. The van der Waals surface area contributed by atoms with Crippen molar-refractivity contribution in [3.8, 4) is 16.4 Å². The maximum absolute atomic E-state index is 13.9. The van der Waals surface area contributed by atoms with Gasteiger partial charge in [0.2, 0.25) is 0 Å². The van der Waals surface area contributed by atoms with Crippen LogP contribution in [0.2, 0.25) is 0 Å². The quantitative estimate of drug-likeness (QED) is 0.407. The van der Waals surface area contributed by atoms with Crippen molar-refractivity contribution in [3.05, 3.63) is 59.5 Å². The number of rotatable bonds is 3. The van der Waals surface area contributed by atoms with Crippen LogP contribution in [0.15, 0.2) is 47.4 Å². The monoisotopic (exact) mass is 455 g/mol. The van der Waals surface area contributed by atoms with Crippen molar-refractivity contribution in [2.24, 2.45) is 0 Å². The number of fused-ring (bicyclic) bond motifs is 1. The Bertz CT molecular complexity index is 1330. The molecule has 0 atom stereocenters. The largest absolute Gasteiger partial charge is 0.435 e. The predicted octanol–water partition coefficient (Wildman–Crippen LogP) is 5.02. The molecule has 0 spiro atoms. The Labute approximate surface area is 172 Å². The van der Waals surface area contributed by atoms with Crippen LogP contribution >= 0.6 is 11.3 Å². The smallest absolute Gasteiger partial charge is 0.234 e. The summed E-state index contributed by atoms with van der Waals surface area (Å²) in [5.41, 5.74) is 0.0114. The molecule has 0 bridgehead atoms. The highest BCUT2D eigenvalue weighted by molar-refractivity contribution is 7.90. The summed E-state index contributed by atoms with van der Waals surface area (Å²) in [6, 6.07) is 9.00. The number of halogens is 4. The van der Waals surface area contributed by atoms with E-state index in [9.17, 15) is 26.0 Å². The van der Waals surface area contributed by atoms with Crippen LogP contribution in [0.25, 0.3) is 26.6 Å². The van der Waals surface area contributed by atoms with Gasteiger partial charge in [0.25, 0.3) is 0 Å². The summed E-state index contributed by atoms with van der Waals surface area (Å²) in [6.45, 7) is 1.57. The van der Waals surface area contributed by atoms with Crippen LogP contribution in [0.3, 0.4) is 0 Å². The van der Waals surface area contributed by atoms with Gasteiger partial charge in [-0.05, 0) is 55.0 Å². The lowest BCUT2D eigenvalue weighted by atomic mass is 10.2. The summed E-state index contributed by atoms with van der Waals surface area (Å²) in [6.07, 6.45) is -3.66. The number of alkyl halides is 3. The molecule has 0 amide bonds. The Morgan fingerprint density at radius 2 is 1.73 bits per heavy atom. The highest BCUT2D eigenvalue weighted by atomic mass is 32.2. The van der Waals surface area contributed by atoms with Crippen molar-refractivity contribution in [2.45, 2.75) is 18.0 Å². The maximum Gasteiger partial charge on any atom is 0.435 e. The highest BCUT2D eigenvalue weighted by Gasteiger charge is 2.35. The maximum atomic E-state index is 13.9. The van der Waals surface area contributed by atoms with Gasteiger partial charge < -0.3 is 0 Å². The van der Waals surface area contributed by atoms with Gasteiger partial charge in [0.1, 0.15) is 16.5 Å². The third-order valence-electron chi connectivity index (χ3n) is 4.40. The zero-order valence-corrected chi connectivity index (χ0v) is 17.2. The van der Waals surface area contributed by atoms with E-state index in [1.165, 1.54) is 36.4 Å². The highest BCUT2D eigenvalue weighted by Crippen LogP contribution is 2.37. The lowest BCUT2D eigenvalue weighted by molar-refractivity contribution is -0.141. The molecule has 30 heavy (non-hydrogen) atoms. The second kappa shape index (κ2) is 6.88. The minimum absolute atomic E-state index is 0.0296. The van der Waals surface area contributed by atoms with Gasteiger partial charge in [-0.2, -0.15) is 18.3 Å². The minimum Gasteiger partial charge on any atom is -0.234 e. The number of hydrogen-bond donors (Lipinski definition) is 0. The normalized spacial score (nSPS) is 12.6. The fourth-order valence-corrected chi connectivity index (χ4v) is 4.47. The van der Waals surface area contributed by atoms with E-state index in [1.807, 2.05) is 0 Å². The van der Waals surface area contributed by atoms with E-state index in [4.69, 9.17) is 0 Å². The zero-order valence-electron chi connectivity index (χ0n) is 15.5. The Balaban J connectivity index is 1.90. The molecule has 0 aliphatic carbocycles. The number of aryl methyl sites for hydroxylation is 1. The average molecular weight is 455 g/mol. The van der Waals surface area contributed by atoms with Gasteiger partial charge in [0.15, 0.2) is 15.5 Å². The number of sulfone groups is 1. The molecule has 5 nitrogen and oxygen atoms in total. The van der Waals surface area contributed by atoms with Crippen LogP contribution in [-0.4, -0.2) is 29.4 Å². The molecule has 0 radical (unpaired) electrons. The predicted molar refractivity (Wildman–Crippen MR) is 105 cm³/mol. The van der Waals surface area contributed by atoms with Crippen LogP contribution in [0.1, 0.15) is 11.3 Å². The standard InChI is InChI=1S/C19H13F4N3O2S2/c1-10-7-14-16(8-13(10)20)29-18(24-14)15-9-17(19(21,22)23)25-26(15)11-3-5-12(6-4-11)30(2,27)28/h3-9H,1-2H3. The van der Waals surface area contributed by atoms with E-state index in [0.717, 1.165) is 28.3 Å². The van der Waals surface area contributed by atoms with Crippen molar-refractivity contribution < 1.29 is 26.0 Å². The molecule has 156 valence electrons. The van der Waals surface area contributed by atoms with Crippen LogP contribution in [0, 0.1) is 12.7 Å². The molecule has 2 aromatic heterocycles. The van der Waals surface area contributed by atoms with E-state index >= 15 is 0 Å². The molecule has 2 heterocycles. The van der Waals surface area contributed by atoms with Crippen LogP contribution in [0.5, 0.6) is 0 Å². The van der Waals surface area contributed by atoms with E-state index in [0.29, 0.717) is 15.8 Å². The molecule has 4 aromatic rings. The van der Waals surface area contributed by atoms with Gasteiger partial charge in [-0.15, -0.1) is 11.3 Å². The molecule has 0 unspecified atom stereocenters. The molecular formula is C19H13F4N3O2S2. The van der Waals surface area contributed by atoms with Gasteiger partial charge in [-0.1, -0.05) is 0 Å². The summed E-state index contributed by atoms with van der Waals surface area (Å²) in [5.74, 6) is -0.432. The van der Waals surface area contributed by atoms with Crippen LogP contribution < -0.4 is 0 Å². The number of benzene rings is 2. The van der Waals surface area contributed by atoms with Crippen LogP contribution in [0.4, 0.5) is 17.6 Å². The number of hydrogen-bond acceptors (Lipinski definition) is 5. The molecular weight excluding hydrogens is 442 g/mol. The van der Waals surface area contributed by atoms with Crippen LogP contribution in [-0.2, 0) is 16.0 Å². The van der Waals surface area contributed by atoms with Crippen molar-refractivity contribution in [1.82, 2.24) is 14.8 Å². The summed E-state index contributed by atoms with van der Waals surface area (Å²) in [5, 5.41) is 3.89. The number of aromatic nitrogens is 3. The fraction of sp³-hybridized carbons (Fsp3) is 0.158. The summed E-state index contributed by atoms with van der Waals surface area (Å²) in [4.78, 5) is 4.38. The average Bonchev–Trinajstić information content (AvgIpc) is 3.25. The minimum atomic E-state index is -4.69. The fourth-order valence-electron chi connectivity index (χ4n) is 2.87. The molecule has 0 fully saturated rings. The Morgan fingerprint density at radius 1 is 1.07 bits per heavy atom. The molecule has 11 heteroatoms. The third kappa shape index (κ3) is 3.70. The van der Waals surface area contributed by atoms with Gasteiger partial charge in [0, 0.05) is 6.26 Å². The van der Waals surface area contributed by atoms with Crippen molar-refractivity contribution >= 4 is 31.4 Å². The molecule has 0 aliphatic rings. The SMILES string of the molecule is Cc1cc2nc(-c3cc(C(F)(F)F)nn3-c3ccc(S(C)(=O)=O)cc3)sc2cc1F. The Kier molecular flexibility index (Phi) is 4.70. The summed E-state index contributed by atoms with van der Waals surface area (Å²) < 4.78 is 78.7. The van der Waals surface area contributed by atoms with Crippen molar-refractivity contribution in [3.63, 3.8) is 0 Å². The van der Waals surface area contributed by atoms with E-state index in [1.54, 1.807) is 6.92 Å². The first-order chi connectivity index (χ1) is 13.9. The molecule has 0 aliphatic heterocycles. The summed E-state index contributed by atoms with van der Waals surface area (Å²) in [7, 11) is -3.46. The number of nitrogens with zero attached hydrogens (tertiary/aromatic N) is 3. The van der Waals surface area contributed by atoms with E-state index < -0.39 is 27.5 Å². The molecule has 2 aromatic carbocycles. The van der Waals surface area contributed by atoms with Gasteiger partial charge in [-0.3, -0.25) is 0 Å². The Hall–Kier alpha value is -2.79. The van der Waals surface area contributed by atoms with Crippen molar-refractivity contribution in [1.29, 1.82) is 0 Å². The first kappa shape index (κ1) is 20.5. The molecule has 0 saturated carbocycles. The molecule has 4 rings (SSSR count). The zero-order chi connectivity index (χ0) is 21.8. The van der Waals surface area contributed by atoms with Gasteiger partial charge in [0.05, 0.1) is 20.8 Å². The first-order valence-corrected chi connectivity index (χ1v) is 11.2. The topological polar surface area (TPSA) is 64.8 Å².